The second-order valence-corrected chi connectivity index (χ2v) is 6.48. The molecule has 1 heterocycles. The minimum atomic E-state index is -4.47. The monoisotopic (exact) mass is 296 g/mol. The van der Waals surface area contributed by atoms with Gasteiger partial charge < -0.3 is 15.3 Å². The molecule has 1 rings (SSSR count). The van der Waals surface area contributed by atoms with E-state index in [-0.39, 0.29) is 19.1 Å². The third kappa shape index (κ3) is 4.85. The van der Waals surface area contributed by atoms with Crippen molar-refractivity contribution in [1.82, 2.24) is 10.2 Å². The van der Waals surface area contributed by atoms with E-state index in [9.17, 15) is 18.0 Å². The molecule has 1 aliphatic heterocycles. The van der Waals surface area contributed by atoms with E-state index in [1.807, 2.05) is 0 Å². The number of nitrogens with zero attached hydrogens (tertiary/aromatic N) is 1. The van der Waals surface area contributed by atoms with Crippen molar-refractivity contribution in [2.45, 2.75) is 58.3 Å². The van der Waals surface area contributed by atoms with Crippen molar-refractivity contribution in [1.29, 1.82) is 0 Å². The van der Waals surface area contributed by atoms with Crippen LogP contribution in [0.4, 0.5) is 18.0 Å². The van der Waals surface area contributed by atoms with Crippen LogP contribution in [0.1, 0.15) is 40.0 Å². The Morgan fingerprint density at radius 3 is 2.45 bits per heavy atom. The Morgan fingerprint density at radius 1 is 1.40 bits per heavy atom. The quantitative estimate of drug-likeness (QED) is 0.841. The molecule has 0 unspecified atom stereocenters. The van der Waals surface area contributed by atoms with Crippen LogP contribution in [0.5, 0.6) is 0 Å². The van der Waals surface area contributed by atoms with Gasteiger partial charge in [-0.2, -0.15) is 13.2 Å². The molecule has 0 aliphatic carbocycles. The minimum Gasteiger partial charge on any atom is -0.394 e. The molecule has 0 aromatic heterocycles. The van der Waals surface area contributed by atoms with Crippen LogP contribution in [0.25, 0.3) is 0 Å². The summed E-state index contributed by atoms with van der Waals surface area (Å²) >= 11 is 0. The SMILES string of the molecule is CC(C)(C)C[C@@H](NC(=O)N1CCC[C@@H]1CO)C(F)(F)F. The molecule has 1 saturated heterocycles. The molecule has 20 heavy (non-hydrogen) atoms. The predicted molar refractivity (Wildman–Crippen MR) is 69.3 cm³/mol. The lowest BCUT2D eigenvalue weighted by molar-refractivity contribution is -0.159. The smallest absolute Gasteiger partial charge is 0.394 e. The Bertz CT molecular complexity index is 339. The lowest BCUT2D eigenvalue weighted by Crippen LogP contribution is -2.53. The number of urea groups is 1. The minimum absolute atomic E-state index is 0.181. The largest absolute Gasteiger partial charge is 0.408 e. The van der Waals surface area contributed by atoms with Gasteiger partial charge in [-0.3, -0.25) is 0 Å². The molecule has 118 valence electrons. The molecule has 0 spiro atoms. The zero-order valence-electron chi connectivity index (χ0n) is 12.1. The number of nitrogens with one attached hydrogen (secondary N) is 1. The van der Waals surface area contributed by atoms with E-state index in [4.69, 9.17) is 5.11 Å². The number of aliphatic hydroxyl groups is 1. The molecule has 2 N–H and O–H groups in total. The fourth-order valence-corrected chi connectivity index (χ4v) is 2.39. The number of aliphatic hydroxyl groups excluding tert-OH is 1. The van der Waals surface area contributed by atoms with Crippen LogP contribution in [0.3, 0.4) is 0 Å². The van der Waals surface area contributed by atoms with E-state index in [2.05, 4.69) is 5.32 Å². The van der Waals surface area contributed by atoms with Crippen molar-refractivity contribution >= 4 is 6.03 Å². The Hall–Kier alpha value is -0.980. The van der Waals surface area contributed by atoms with Gasteiger partial charge in [0.25, 0.3) is 0 Å². The molecule has 0 saturated carbocycles. The fraction of sp³-hybridized carbons (Fsp3) is 0.923. The van der Waals surface area contributed by atoms with Crippen molar-refractivity contribution in [2.24, 2.45) is 5.41 Å². The molecular weight excluding hydrogens is 273 g/mol. The summed E-state index contributed by atoms with van der Waals surface area (Å²) in [6.07, 6.45) is -3.33. The lowest BCUT2D eigenvalue weighted by atomic mass is 9.88. The number of carbonyl (C=O) groups is 1. The zero-order valence-corrected chi connectivity index (χ0v) is 12.1. The summed E-state index contributed by atoms with van der Waals surface area (Å²) in [5.41, 5.74) is -0.547. The van der Waals surface area contributed by atoms with Crippen LogP contribution in [-0.4, -0.2) is 47.4 Å². The van der Waals surface area contributed by atoms with Crippen molar-refractivity contribution in [3.8, 4) is 0 Å². The molecule has 0 aromatic carbocycles. The van der Waals surface area contributed by atoms with Gasteiger partial charge in [0.1, 0.15) is 6.04 Å². The number of likely N-dealkylation sites (tertiary alicyclic amines) is 1. The van der Waals surface area contributed by atoms with Gasteiger partial charge in [-0.1, -0.05) is 20.8 Å². The molecule has 0 radical (unpaired) electrons. The van der Waals surface area contributed by atoms with Crippen molar-refractivity contribution in [3.05, 3.63) is 0 Å². The number of amides is 2. The van der Waals surface area contributed by atoms with Crippen LogP contribution >= 0.6 is 0 Å². The highest BCUT2D eigenvalue weighted by Crippen LogP contribution is 2.31. The first-order chi connectivity index (χ1) is 9.04. The Balaban J connectivity index is 2.72. The molecule has 1 fully saturated rings. The van der Waals surface area contributed by atoms with Gasteiger partial charge in [0.2, 0.25) is 0 Å². The molecule has 4 nitrogen and oxygen atoms in total. The summed E-state index contributed by atoms with van der Waals surface area (Å²) in [6, 6.07) is -2.98. The van der Waals surface area contributed by atoms with Crippen molar-refractivity contribution in [2.75, 3.05) is 13.2 Å². The van der Waals surface area contributed by atoms with Gasteiger partial charge in [-0.25, -0.2) is 4.79 Å². The highest BCUT2D eigenvalue weighted by molar-refractivity contribution is 5.75. The summed E-state index contributed by atoms with van der Waals surface area (Å²) in [4.78, 5) is 13.3. The Morgan fingerprint density at radius 2 is 2.00 bits per heavy atom. The van der Waals surface area contributed by atoms with E-state index in [0.29, 0.717) is 19.4 Å². The molecule has 7 heteroatoms. The third-order valence-electron chi connectivity index (χ3n) is 3.36. The lowest BCUT2D eigenvalue weighted by Gasteiger charge is -2.31. The van der Waals surface area contributed by atoms with E-state index >= 15 is 0 Å². The van der Waals surface area contributed by atoms with Crippen molar-refractivity contribution < 1.29 is 23.1 Å². The standard InChI is InChI=1S/C13H23F3N2O2/c1-12(2,3)7-10(13(14,15)16)17-11(20)18-6-4-5-9(18)8-19/h9-10,19H,4-8H2,1-3H3,(H,17,20)/t9-,10-/m1/s1. The number of hydrogen-bond acceptors (Lipinski definition) is 2. The normalized spacial score (nSPS) is 21.9. The van der Waals surface area contributed by atoms with Crippen LogP contribution in [0.2, 0.25) is 0 Å². The third-order valence-corrected chi connectivity index (χ3v) is 3.36. The van der Waals surface area contributed by atoms with E-state index in [0.717, 1.165) is 0 Å². The first-order valence-corrected chi connectivity index (χ1v) is 6.79. The summed E-state index contributed by atoms with van der Waals surface area (Å²) in [7, 11) is 0. The second kappa shape index (κ2) is 6.20. The highest BCUT2D eigenvalue weighted by Gasteiger charge is 2.43. The average molecular weight is 296 g/mol. The van der Waals surface area contributed by atoms with Gasteiger partial charge in [-0.05, 0) is 24.7 Å². The fourth-order valence-electron chi connectivity index (χ4n) is 2.39. The molecule has 2 amide bonds. The van der Waals surface area contributed by atoms with Gasteiger partial charge in [-0.15, -0.1) is 0 Å². The maximum atomic E-state index is 13.0. The molecular formula is C13H23F3N2O2. The molecule has 1 aliphatic rings. The van der Waals surface area contributed by atoms with Gasteiger partial charge in [0, 0.05) is 6.54 Å². The van der Waals surface area contributed by atoms with Crippen LogP contribution in [0.15, 0.2) is 0 Å². The van der Waals surface area contributed by atoms with Crippen LogP contribution < -0.4 is 5.32 Å². The first kappa shape index (κ1) is 17.1. The first-order valence-electron chi connectivity index (χ1n) is 6.79. The Labute approximate surface area is 117 Å². The summed E-state index contributed by atoms with van der Waals surface area (Å²) in [5.74, 6) is 0. The molecule has 2 atom stereocenters. The number of hydrogen-bond donors (Lipinski definition) is 2. The summed E-state index contributed by atoms with van der Waals surface area (Å²) < 4.78 is 39.0. The van der Waals surface area contributed by atoms with E-state index in [1.165, 1.54) is 4.90 Å². The molecule has 0 aromatic rings. The maximum absolute atomic E-state index is 13.0. The van der Waals surface area contributed by atoms with Crippen molar-refractivity contribution in [3.63, 3.8) is 0 Å². The number of halogens is 3. The number of rotatable bonds is 3. The maximum Gasteiger partial charge on any atom is 0.408 e. The summed E-state index contributed by atoms with van der Waals surface area (Å²) in [6.45, 7) is 5.26. The predicted octanol–water partition coefficient (Wildman–Crippen LogP) is 2.52. The second-order valence-electron chi connectivity index (χ2n) is 6.48. The van der Waals surface area contributed by atoms with E-state index in [1.54, 1.807) is 20.8 Å². The van der Waals surface area contributed by atoms with Crippen LogP contribution in [-0.2, 0) is 0 Å². The number of alkyl halides is 3. The average Bonchev–Trinajstić information content (AvgIpc) is 2.72. The van der Waals surface area contributed by atoms with Gasteiger partial charge in [0.05, 0.1) is 12.6 Å². The highest BCUT2D eigenvalue weighted by atomic mass is 19.4. The van der Waals surface area contributed by atoms with E-state index < -0.39 is 23.7 Å². The number of carbonyl (C=O) groups excluding carboxylic acids is 1. The van der Waals surface area contributed by atoms with Gasteiger partial charge in [0.15, 0.2) is 0 Å². The van der Waals surface area contributed by atoms with Crippen LogP contribution in [0, 0.1) is 5.41 Å². The Kier molecular flexibility index (Phi) is 5.29. The topological polar surface area (TPSA) is 52.6 Å². The molecule has 0 bridgehead atoms. The summed E-state index contributed by atoms with van der Waals surface area (Å²) in [5, 5.41) is 11.2. The zero-order chi connectivity index (χ0) is 15.6. The van der Waals surface area contributed by atoms with Gasteiger partial charge >= 0.3 is 12.2 Å².